The van der Waals surface area contributed by atoms with E-state index in [1.165, 1.54) is 18.5 Å². The second-order valence-corrected chi connectivity index (χ2v) is 19.1. The molecule has 3 aromatic heterocycles. The summed E-state index contributed by atoms with van der Waals surface area (Å²) < 4.78 is 48.0. The zero-order valence-electron chi connectivity index (χ0n) is 41.8. The van der Waals surface area contributed by atoms with E-state index in [1.54, 1.807) is 6.07 Å². The summed E-state index contributed by atoms with van der Waals surface area (Å²) in [6, 6.07) is 33.9. The molecule has 1 N–H and O–H groups in total. The number of hydrogen-bond donors (Lipinski definition) is 1. The first-order valence-electron chi connectivity index (χ1n) is 24.5. The number of ketones is 1. The number of fused-ring (bicyclic) bond motifs is 5. The van der Waals surface area contributed by atoms with Gasteiger partial charge in [0, 0.05) is 67.3 Å². The predicted molar refractivity (Wildman–Crippen MR) is 275 cm³/mol. The first kappa shape index (κ1) is 53.6. The second kappa shape index (κ2) is 23.5. The van der Waals surface area contributed by atoms with Crippen LogP contribution in [0, 0.1) is 56.5 Å². The zero-order chi connectivity index (χ0) is 49.6. The summed E-state index contributed by atoms with van der Waals surface area (Å²) in [4.78, 5) is 25.5. The van der Waals surface area contributed by atoms with Gasteiger partial charge in [-0.1, -0.05) is 116 Å². The van der Waals surface area contributed by atoms with Gasteiger partial charge in [-0.3, -0.25) is 9.78 Å². The number of aliphatic hydroxyl groups excluding tert-OH is 1. The van der Waals surface area contributed by atoms with Crippen molar-refractivity contribution in [3.63, 3.8) is 0 Å². The van der Waals surface area contributed by atoms with Crippen LogP contribution in [0.3, 0.4) is 0 Å². The van der Waals surface area contributed by atoms with Crippen LogP contribution in [0.25, 0.3) is 66.1 Å². The Morgan fingerprint density at radius 1 is 0.800 bits per heavy atom. The number of allylic oxidation sites excluding steroid dienone is 2. The van der Waals surface area contributed by atoms with E-state index in [4.69, 9.17) is 9.40 Å². The van der Waals surface area contributed by atoms with Crippen LogP contribution in [-0.2, 0) is 31.3 Å². The topological polar surface area (TPSA) is 89.1 Å². The van der Waals surface area contributed by atoms with Gasteiger partial charge in [-0.15, -0.1) is 52.6 Å². The summed E-state index contributed by atoms with van der Waals surface area (Å²) in [5, 5.41) is 14.2. The van der Waals surface area contributed by atoms with Gasteiger partial charge in [0.2, 0.25) is 5.92 Å². The van der Waals surface area contributed by atoms with Gasteiger partial charge in [0.05, 0.1) is 16.9 Å². The Hall–Kier alpha value is -5.70. The molecular formula is C60H64F3IrN3O3-2. The number of aromatic nitrogens is 3. The summed E-state index contributed by atoms with van der Waals surface area (Å²) in [5.74, 6) is -1.89. The maximum Gasteiger partial charge on any atom is 0.248 e. The van der Waals surface area contributed by atoms with Crippen molar-refractivity contribution in [1.29, 1.82) is 0 Å². The van der Waals surface area contributed by atoms with E-state index in [9.17, 15) is 23.1 Å². The monoisotopic (exact) mass is 1120 g/mol. The molecule has 0 bridgehead atoms. The number of carbonyl (C=O) groups excluding carboxylic acids is 1. The fraction of sp³-hybridized carbons (Fsp3) is 0.367. The van der Waals surface area contributed by atoms with Gasteiger partial charge >= 0.3 is 0 Å². The van der Waals surface area contributed by atoms with Gasteiger partial charge in [0.25, 0.3) is 0 Å². The molecule has 0 saturated heterocycles. The Morgan fingerprint density at radius 3 is 2.17 bits per heavy atom. The number of pyridine rings is 1. The van der Waals surface area contributed by atoms with Gasteiger partial charge in [0.15, 0.2) is 5.78 Å². The number of halogens is 3. The van der Waals surface area contributed by atoms with E-state index in [0.29, 0.717) is 17.7 Å². The predicted octanol–water partition coefficient (Wildman–Crippen LogP) is 16.7. The summed E-state index contributed by atoms with van der Waals surface area (Å²) in [6.45, 7) is 18.4. The summed E-state index contributed by atoms with van der Waals surface area (Å²) in [7, 11) is 0. The standard InChI is InChI=1S/C26H21FNO.C21H19F2N2.C13H24O2.Ir/c1-15(2)11-17-14-20-19(8-6-9-23(20)27)25(28-17)22-13-16(3)12-21-18-7-4-5-10-24(18)29-26(21)22;1-13-7-14(2)9-17(8-13)20-18-4-3-15(10-19(18)24-12-25-20)16-5-6-21(22,23)11-16;1-5-10(6-2)12(14)9-13(15)11(7-3)8-4;/h4-10,12,14-15H,11H2,1-3H3;3-4,7-8,10,12,16H,5-6,11H2,1-2H3;9-11,14H,5-8H2,1-4H3;/q2*-1;;/b;;12-9-;. The maximum absolute atomic E-state index is 14.7. The number of aryl methyl sites for hydroxylation is 3. The third-order valence-corrected chi connectivity index (χ3v) is 13.3. The molecule has 1 aliphatic rings. The molecule has 0 aliphatic heterocycles. The fourth-order valence-electron chi connectivity index (χ4n) is 9.65. The number of rotatable bonds is 12. The van der Waals surface area contributed by atoms with Crippen LogP contribution in [0.2, 0.25) is 0 Å². The first-order chi connectivity index (χ1) is 33.0. The molecule has 369 valence electrons. The van der Waals surface area contributed by atoms with Crippen LogP contribution >= 0.6 is 0 Å². The van der Waals surface area contributed by atoms with Crippen molar-refractivity contribution >= 4 is 49.4 Å². The molecule has 10 heteroatoms. The molecule has 6 nitrogen and oxygen atoms in total. The van der Waals surface area contributed by atoms with E-state index >= 15 is 0 Å². The summed E-state index contributed by atoms with van der Waals surface area (Å²) in [6.07, 6.45) is 7.66. The minimum atomic E-state index is -2.54. The molecular weight excluding hydrogens is 1060 g/mol. The average Bonchev–Trinajstić information content (AvgIpc) is 3.88. The molecule has 1 saturated carbocycles. The number of furan rings is 1. The van der Waals surface area contributed by atoms with Gasteiger partial charge in [-0.05, 0) is 102 Å². The smallest absolute Gasteiger partial charge is 0.248 e. The molecule has 8 aromatic rings. The van der Waals surface area contributed by atoms with E-state index in [1.807, 2.05) is 97.0 Å². The Labute approximate surface area is 424 Å². The van der Waals surface area contributed by atoms with Crippen LogP contribution in [0.4, 0.5) is 13.2 Å². The number of benzene rings is 5. The minimum absolute atomic E-state index is 0. The van der Waals surface area contributed by atoms with Crippen molar-refractivity contribution in [2.45, 2.75) is 126 Å². The van der Waals surface area contributed by atoms with Crippen LogP contribution in [-0.4, -0.2) is 31.8 Å². The van der Waals surface area contributed by atoms with Gasteiger partial charge in [0.1, 0.15) is 17.7 Å². The Bertz CT molecular complexity index is 3110. The summed E-state index contributed by atoms with van der Waals surface area (Å²) >= 11 is 0. The number of nitrogens with zero attached hydrogens (tertiary/aromatic N) is 3. The number of para-hydroxylation sites is 1. The minimum Gasteiger partial charge on any atom is -0.512 e. The largest absolute Gasteiger partial charge is 0.512 e. The second-order valence-electron chi connectivity index (χ2n) is 19.1. The third kappa shape index (κ3) is 12.4. The van der Waals surface area contributed by atoms with Crippen molar-refractivity contribution in [1.82, 2.24) is 15.0 Å². The Morgan fingerprint density at radius 2 is 1.50 bits per heavy atom. The van der Waals surface area contributed by atoms with E-state index in [2.05, 4.69) is 60.2 Å². The van der Waals surface area contributed by atoms with Gasteiger partial charge in [-0.25, -0.2) is 18.2 Å². The number of alkyl halides is 2. The fourth-order valence-corrected chi connectivity index (χ4v) is 9.65. The maximum atomic E-state index is 14.7. The van der Waals surface area contributed by atoms with Crippen LogP contribution in [0.5, 0.6) is 0 Å². The van der Waals surface area contributed by atoms with E-state index in [-0.39, 0.29) is 68.1 Å². The molecule has 0 amide bonds. The molecule has 1 aliphatic carbocycles. The number of aliphatic hydroxyl groups is 1. The number of carbonyl (C=O) groups is 1. The van der Waals surface area contributed by atoms with Gasteiger partial charge < -0.3 is 14.5 Å². The third-order valence-electron chi connectivity index (χ3n) is 13.3. The summed E-state index contributed by atoms with van der Waals surface area (Å²) in [5.41, 5.74) is 10.7. The number of hydrogen-bond acceptors (Lipinski definition) is 6. The Balaban J connectivity index is 0.000000180. The zero-order valence-corrected chi connectivity index (χ0v) is 44.2. The first-order valence-corrected chi connectivity index (χ1v) is 24.5. The molecule has 1 radical (unpaired) electrons. The molecule has 3 heterocycles. The molecule has 1 fully saturated rings. The van der Waals surface area contributed by atoms with Gasteiger partial charge in [-0.2, -0.15) is 0 Å². The van der Waals surface area contributed by atoms with Crippen molar-refractivity contribution in [2.75, 3.05) is 0 Å². The van der Waals surface area contributed by atoms with E-state index in [0.717, 1.165) is 121 Å². The molecule has 1 unspecified atom stereocenters. The molecule has 0 spiro atoms. The van der Waals surface area contributed by atoms with Crippen molar-refractivity contribution in [3.8, 4) is 22.5 Å². The van der Waals surface area contributed by atoms with E-state index < -0.39 is 5.92 Å². The molecule has 9 rings (SSSR count). The van der Waals surface area contributed by atoms with Crippen LogP contribution in [0.15, 0.2) is 108 Å². The van der Waals surface area contributed by atoms with Crippen molar-refractivity contribution < 1.29 is 47.6 Å². The quantitative estimate of drug-likeness (QED) is 0.0745. The van der Waals surface area contributed by atoms with Crippen LogP contribution in [0.1, 0.15) is 120 Å². The molecule has 70 heavy (non-hydrogen) atoms. The van der Waals surface area contributed by atoms with Crippen LogP contribution < -0.4 is 0 Å². The van der Waals surface area contributed by atoms with Crippen molar-refractivity contribution in [3.05, 3.63) is 149 Å². The van der Waals surface area contributed by atoms with Crippen molar-refractivity contribution in [2.24, 2.45) is 17.8 Å². The molecule has 5 aromatic carbocycles. The average molecular weight is 1120 g/mol. The normalized spacial score (nSPS) is 14.6. The SMILES string of the molecule is CCC(CC)C(=O)/C=C(\O)C(CC)CC.Cc1[c-]c(-c2nc(CC(C)C)cc3c(F)cccc23)c2oc3ccccc3c2c1.Cc1[c-]c(-c2ncnc3cc(C4CCC(F)(F)C4)ccc23)cc(C)c1.[Ir]. The Kier molecular flexibility index (Phi) is 18.0. The molecule has 1 atom stereocenters.